The van der Waals surface area contributed by atoms with Crippen molar-refractivity contribution in [3.05, 3.63) is 71.8 Å². The summed E-state index contributed by atoms with van der Waals surface area (Å²) in [7, 11) is 0. The van der Waals surface area contributed by atoms with Crippen LogP contribution in [0.2, 0.25) is 0 Å². The molecular formula is C18H23NO. The molecule has 2 N–H and O–H groups in total. The van der Waals surface area contributed by atoms with Gasteiger partial charge >= 0.3 is 0 Å². The Morgan fingerprint density at radius 2 is 1.30 bits per heavy atom. The number of hydrogen-bond acceptors (Lipinski definition) is 2. The largest absolute Gasteiger partial charge is 0.396 e. The van der Waals surface area contributed by atoms with Crippen LogP contribution in [0, 0.1) is 0 Å². The third-order valence-corrected chi connectivity index (χ3v) is 3.45. The second-order valence-electron chi connectivity index (χ2n) is 4.99. The number of nitrogens with one attached hydrogen (secondary N) is 1. The van der Waals surface area contributed by atoms with E-state index < -0.39 is 0 Å². The average Bonchev–Trinajstić information content (AvgIpc) is 2.53. The normalized spacial score (nSPS) is 10.9. The lowest BCUT2D eigenvalue weighted by Crippen LogP contribution is -2.23. The van der Waals surface area contributed by atoms with Gasteiger partial charge in [-0.3, -0.25) is 0 Å². The van der Waals surface area contributed by atoms with Gasteiger partial charge in [0, 0.05) is 6.61 Å². The van der Waals surface area contributed by atoms with E-state index in [9.17, 15) is 0 Å². The first kappa shape index (κ1) is 14.8. The highest BCUT2D eigenvalue weighted by molar-refractivity contribution is 5.31. The van der Waals surface area contributed by atoms with E-state index in [2.05, 4.69) is 53.8 Å². The van der Waals surface area contributed by atoms with E-state index in [0.717, 1.165) is 25.8 Å². The predicted octanol–water partition coefficient (Wildman–Crippen LogP) is 3.53. The summed E-state index contributed by atoms with van der Waals surface area (Å²) in [5, 5.41) is 12.4. The first-order valence-electron chi connectivity index (χ1n) is 7.36. The lowest BCUT2D eigenvalue weighted by atomic mass is 9.98. The number of aliphatic hydroxyl groups is 1. The second-order valence-corrected chi connectivity index (χ2v) is 4.99. The zero-order chi connectivity index (χ0) is 14.0. The summed E-state index contributed by atoms with van der Waals surface area (Å²) in [6, 6.07) is 21.3. The Hall–Kier alpha value is -1.64. The minimum atomic E-state index is 0.242. The molecule has 0 aliphatic rings. The minimum Gasteiger partial charge on any atom is -0.396 e. The Kier molecular flexibility index (Phi) is 6.28. The van der Waals surface area contributed by atoms with E-state index in [1.807, 2.05) is 12.1 Å². The first-order chi connectivity index (χ1) is 9.92. The molecule has 0 radical (unpaired) electrons. The molecule has 106 valence electrons. The Morgan fingerprint density at radius 3 is 1.80 bits per heavy atom. The monoisotopic (exact) mass is 269 g/mol. The van der Waals surface area contributed by atoms with Gasteiger partial charge in [-0.05, 0) is 36.9 Å². The van der Waals surface area contributed by atoms with Crippen molar-refractivity contribution >= 4 is 0 Å². The molecule has 2 rings (SSSR count). The van der Waals surface area contributed by atoms with Gasteiger partial charge in [0.15, 0.2) is 0 Å². The van der Waals surface area contributed by atoms with Gasteiger partial charge in [-0.15, -0.1) is 0 Å². The van der Waals surface area contributed by atoms with Crippen LogP contribution in [0.5, 0.6) is 0 Å². The molecule has 0 aliphatic heterocycles. The van der Waals surface area contributed by atoms with Crippen LogP contribution in [0.1, 0.15) is 36.4 Å². The van der Waals surface area contributed by atoms with Gasteiger partial charge in [0.05, 0.1) is 6.04 Å². The molecule has 0 bridgehead atoms. The molecule has 0 amide bonds. The molecule has 2 aromatic rings. The second kappa shape index (κ2) is 8.51. The molecule has 0 aromatic heterocycles. The summed E-state index contributed by atoms with van der Waals surface area (Å²) in [5.41, 5.74) is 2.58. The fraction of sp³-hybridized carbons (Fsp3) is 0.333. The van der Waals surface area contributed by atoms with Gasteiger partial charge in [-0.25, -0.2) is 0 Å². The number of rotatable bonds is 8. The van der Waals surface area contributed by atoms with E-state index in [4.69, 9.17) is 5.11 Å². The van der Waals surface area contributed by atoms with Crippen molar-refractivity contribution in [1.29, 1.82) is 0 Å². The Bertz CT molecular complexity index is 430. The van der Waals surface area contributed by atoms with Crippen molar-refractivity contribution < 1.29 is 5.11 Å². The number of benzene rings is 2. The van der Waals surface area contributed by atoms with Gasteiger partial charge in [-0.1, -0.05) is 60.7 Å². The maximum Gasteiger partial charge on any atom is 0.0576 e. The molecule has 0 heterocycles. The smallest absolute Gasteiger partial charge is 0.0576 e. The zero-order valence-electron chi connectivity index (χ0n) is 11.8. The van der Waals surface area contributed by atoms with Gasteiger partial charge in [0.1, 0.15) is 0 Å². The lowest BCUT2D eigenvalue weighted by molar-refractivity contribution is 0.282. The standard InChI is InChI=1S/C18H23NO/c20-15-9-3-8-14-19-18(16-10-4-1-5-11-16)17-12-6-2-7-13-17/h1-2,4-7,10-13,18-20H,3,8-9,14-15H2. The molecule has 0 unspecified atom stereocenters. The molecule has 0 spiro atoms. The molecule has 0 saturated heterocycles. The highest BCUT2D eigenvalue weighted by atomic mass is 16.2. The maximum absolute atomic E-state index is 8.81. The summed E-state index contributed by atoms with van der Waals surface area (Å²) in [6.45, 7) is 1.26. The van der Waals surface area contributed by atoms with Crippen molar-refractivity contribution in [3.63, 3.8) is 0 Å². The van der Waals surface area contributed by atoms with Gasteiger partial charge in [0.25, 0.3) is 0 Å². The van der Waals surface area contributed by atoms with Gasteiger partial charge in [-0.2, -0.15) is 0 Å². The van der Waals surface area contributed by atoms with Gasteiger partial charge in [0.2, 0.25) is 0 Å². The Balaban J connectivity index is 2.02. The third-order valence-electron chi connectivity index (χ3n) is 3.45. The van der Waals surface area contributed by atoms with Crippen molar-refractivity contribution in [2.45, 2.75) is 25.3 Å². The van der Waals surface area contributed by atoms with Crippen LogP contribution in [-0.2, 0) is 0 Å². The summed E-state index contributed by atoms with van der Waals surface area (Å²) < 4.78 is 0. The fourth-order valence-electron chi connectivity index (χ4n) is 2.38. The summed E-state index contributed by atoms with van der Waals surface area (Å²) in [6.07, 6.45) is 3.06. The quantitative estimate of drug-likeness (QED) is 0.719. The Morgan fingerprint density at radius 1 is 0.750 bits per heavy atom. The van der Waals surface area contributed by atoms with E-state index in [-0.39, 0.29) is 6.04 Å². The summed E-state index contributed by atoms with van der Waals surface area (Å²) in [5.74, 6) is 0. The minimum absolute atomic E-state index is 0.242. The van der Waals surface area contributed by atoms with Crippen LogP contribution in [0.3, 0.4) is 0 Å². The van der Waals surface area contributed by atoms with E-state index >= 15 is 0 Å². The third kappa shape index (κ3) is 4.48. The molecule has 2 nitrogen and oxygen atoms in total. The van der Waals surface area contributed by atoms with Crippen LogP contribution >= 0.6 is 0 Å². The molecule has 2 aromatic carbocycles. The fourth-order valence-corrected chi connectivity index (χ4v) is 2.38. The van der Waals surface area contributed by atoms with Crippen LogP contribution in [0.15, 0.2) is 60.7 Å². The number of unbranched alkanes of at least 4 members (excludes halogenated alkanes) is 2. The van der Waals surface area contributed by atoms with Gasteiger partial charge < -0.3 is 10.4 Å². The SMILES string of the molecule is OCCCCCNC(c1ccccc1)c1ccccc1. The van der Waals surface area contributed by atoms with Crippen LogP contribution in [0.25, 0.3) is 0 Å². The molecular weight excluding hydrogens is 246 g/mol. The molecule has 2 heteroatoms. The van der Waals surface area contributed by atoms with E-state index in [1.165, 1.54) is 11.1 Å². The molecule has 0 atom stereocenters. The topological polar surface area (TPSA) is 32.3 Å². The lowest BCUT2D eigenvalue weighted by Gasteiger charge is -2.20. The van der Waals surface area contributed by atoms with Crippen molar-refractivity contribution in [3.8, 4) is 0 Å². The summed E-state index contributed by atoms with van der Waals surface area (Å²) >= 11 is 0. The van der Waals surface area contributed by atoms with Crippen LogP contribution in [-0.4, -0.2) is 18.3 Å². The molecule has 0 fully saturated rings. The van der Waals surface area contributed by atoms with Crippen molar-refractivity contribution in [1.82, 2.24) is 5.32 Å². The number of hydrogen-bond donors (Lipinski definition) is 2. The van der Waals surface area contributed by atoms with Crippen LogP contribution in [0.4, 0.5) is 0 Å². The van der Waals surface area contributed by atoms with Crippen molar-refractivity contribution in [2.75, 3.05) is 13.2 Å². The highest BCUT2D eigenvalue weighted by Gasteiger charge is 2.12. The van der Waals surface area contributed by atoms with E-state index in [0.29, 0.717) is 6.61 Å². The predicted molar refractivity (Wildman–Crippen MR) is 83.7 cm³/mol. The summed E-state index contributed by atoms with van der Waals surface area (Å²) in [4.78, 5) is 0. The zero-order valence-corrected chi connectivity index (χ0v) is 11.8. The average molecular weight is 269 g/mol. The maximum atomic E-state index is 8.81. The van der Waals surface area contributed by atoms with Crippen molar-refractivity contribution in [2.24, 2.45) is 0 Å². The molecule has 0 saturated carbocycles. The molecule has 0 aliphatic carbocycles. The first-order valence-corrected chi connectivity index (χ1v) is 7.36. The Labute approximate surface area is 121 Å². The van der Waals surface area contributed by atoms with Crippen LogP contribution < -0.4 is 5.32 Å². The van der Waals surface area contributed by atoms with E-state index in [1.54, 1.807) is 0 Å². The number of aliphatic hydroxyl groups excluding tert-OH is 1. The molecule has 20 heavy (non-hydrogen) atoms. The highest BCUT2D eigenvalue weighted by Crippen LogP contribution is 2.21.